The van der Waals surface area contributed by atoms with Gasteiger partial charge in [-0.3, -0.25) is 4.79 Å². The second-order valence-corrected chi connectivity index (χ2v) is 4.98. The summed E-state index contributed by atoms with van der Waals surface area (Å²) in [5.74, 6) is 1.18. The van der Waals surface area contributed by atoms with Gasteiger partial charge in [0.05, 0.1) is 6.54 Å². The molecule has 0 saturated carbocycles. The molecule has 0 saturated heterocycles. The first-order valence-electron chi connectivity index (χ1n) is 6.26. The van der Waals surface area contributed by atoms with Crippen molar-refractivity contribution in [2.75, 3.05) is 32.1 Å². The lowest BCUT2D eigenvalue weighted by Gasteiger charge is -2.25. The minimum Gasteiger partial charge on any atom is -0.347 e. The highest BCUT2D eigenvalue weighted by Crippen LogP contribution is 2.25. The molecule has 20 heavy (non-hydrogen) atoms. The Labute approximate surface area is 122 Å². The highest BCUT2D eigenvalue weighted by molar-refractivity contribution is 6.30. The third-order valence-corrected chi connectivity index (χ3v) is 3.45. The van der Waals surface area contributed by atoms with Crippen LogP contribution in [-0.2, 0) is 4.79 Å². The van der Waals surface area contributed by atoms with Crippen LogP contribution in [0.3, 0.4) is 0 Å². The van der Waals surface area contributed by atoms with Gasteiger partial charge in [0.25, 0.3) is 5.78 Å². The number of rotatable bonds is 4. The van der Waals surface area contributed by atoms with Crippen LogP contribution in [0.15, 0.2) is 6.33 Å². The topological polar surface area (TPSA) is 66.6 Å². The van der Waals surface area contributed by atoms with Gasteiger partial charge >= 0.3 is 0 Å². The van der Waals surface area contributed by atoms with Gasteiger partial charge in [0.2, 0.25) is 5.91 Å². The first-order chi connectivity index (χ1) is 9.45. The number of carbonyl (C=O) groups excluding carboxylic acids is 1. The second kappa shape index (κ2) is 5.62. The Morgan fingerprint density at radius 1 is 1.45 bits per heavy atom. The third-order valence-electron chi connectivity index (χ3n) is 3.08. The average Bonchev–Trinajstić information content (AvgIpc) is 2.85. The molecule has 7 nitrogen and oxygen atoms in total. The van der Waals surface area contributed by atoms with Crippen LogP contribution < -0.4 is 4.90 Å². The van der Waals surface area contributed by atoms with Gasteiger partial charge in [-0.1, -0.05) is 11.6 Å². The molecule has 0 fully saturated rings. The molecule has 108 valence electrons. The molecular formula is C12H17ClN6O. The van der Waals surface area contributed by atoms with Crippen LogP contribution in [-0.4, -0.2) is 57.6 Å². The van der Waals surface area contributed by atoms with E-state index in [0.29, 0.717) is 17.5 Å². The van der Waals surface area contributed by atoms with E-state index in [-0.39, 0.29) is 12.5 Å². The maximum absolute atomic E-state index is 11.9. The van der Waals surface area contributed by atoms with E-state index in [0.717, 1.165) is 11.4 Å². The van der Waals surface area contributed by atoms with Crippen molar-refractivity contribution in [3.8, 4) is 0 Å². The first-order valence-corrected chi connectivity index (χ1v) is 6.64. The average molecular weight is 297 g/mol. The van der Waals surface area contributed by atoms with Gasteiger partial charge in [-0.25, -0.2) is 0 Å². The van der Waals surface area contributed by atoms with E-state index in [9.17, 15) is 4.79 Å². The number of fused-ring (bicyclic) bond motifs is 1. The molecular weight excluding hydrogens is 280 g/mol. The molecule has 0 aromatic carbocycles. The SMILES string of the molecule is CCN(CC(=O)N(C)C)c1c(C)c(Cl)nc2ncnn12. The van der Waals surface area contributed by atoms with Crippen molar-refractivity contribution in [2.45, 2.75) is 13.8 Å². The predicted octanol–water partition coefficient (Wildman–Crippen LogP) is 1.00. The lowest BCUT2D eigenvalue weighted by Crippen LogP contribution is -2.38. The van der Waals surface area contributed by atoms with Crippen LogP contribution in [0.2, 0.25) is 5.15 Å². The van der Waals surface area contributed by atoms with Crippen molar-refractivity contribution in [1.29, 1.82) is 0 Å². The normalized spacial score (nSPS) is 10.8. The Hall–Kier alpha value is -1.89. The van der Waals surface area contributed by atoms with Gasteiger partial charge in [0.1, 0.15) is 17.3 Å². The fourth-order valence-electron chi connectivity index (χ4n) is 1.90. The smallest absolute Gasteiger partial charge is 0.255 e. The van der Waals surface area contributed by atoms with Gasteiger partial charge < -0.3 is 9.80 Å². The van der Waals surface area contributed by atoms with Crippen molar-refractivity contribution in [1.82, 2.24) is 24.5 Å². The van der Waals surface area contributed by atoms with Crippen molar-refractivity contribution >= 4 is 29.1 Å². The Morgan fingerprint density at radius 3 is 2.75 bits per heavy atom. The molecule has 2 aromatic rings. The maximum atomic E-state index is 11.9. The van der Waals surface area contributed by atoms with Crippen LogP contribution in [0.25, 0.3) is 5.78 Å². The summed E-state index contributed by atoms with van der Waals surface area (Å²) < 4.78 is 1.60. The zero-order valence-electron chi connectivity index (χ0n) is 12.0. The fourth-order valence-corrected chi connectivity index (χ4v) is 2.06. The monoisotopic (exact) mass is 296 g/mol. The summed E-state index contributed by atoms with van der Waals surface area (Å²) in [6, 6.07) is 0. The van der Waals surface area contributed by atoms with E-state index in [1.165, 1.54) is 6.33 Å². The number of aromatic nitrogens is 4. The molecule has 0 unspecified atom stereocenters. The number of carbonyl (C=O) groups is 1. The molecule has 1 amide bonds. The molecule has 2 aromatic heterocycles. The summed E-state index contributed by atoms with van der Waals surface area (Å²) in [6.45, 7) is 4.73. The molecule has 0 atom stereocenters. The van der Waals surface area contributed by atoms with E-state index >= 15 is 0 Å². The van der Waals surface area contributed by atoms with Gasteiger partial charge in [-0.2, -0.15) is 19.6 Å². The molecule has 0 bridgehead atoms. The molecule has 8 heteroatoms. The van der Waals surface area contributed by atoms with E-state index in [4.69, 9.17) is 11.6 Å². The Bertz CT molecular complexity index is 638. The Balaban J connectivity index is 2.51. The van der Waals surface area contributed by atoms with Crippen LogP contribution in [0.1, 0.15) is 12.5 Å². The van der Waals surface area contributed by atoms with E-state index < -0.39 is 0 Å². The molecule has 0 aliphatic carbocycles. The van der Waals surface area contributed by atoms with Crippen LogP contribution in [0.4, 0.5) is 5.82 Å². The zero-order chi connectivity index (χ0) is 14.9. The van der Waals surface area contributed by atoms with Crippen molar-refractivity contribution < 1.29 is 4.79 Å². The summed E-state index contributed by atoms with van der Waals surface area (Å²) in [5.41, 5.74) is 0.776. The number of amides is 1. The quantitative estimate of drug-likeness (QED) is 0.788. The number of hydrogen-bond donors (Lipinski definition) is 0. The maximum Gasteiger partial charge on any atom is 0.255 e. The summed E-state index contributed by atoms with van der Waals surface area (Å²) in [6.07, 6.45) is 1.42. The van der Waals surface area contributed by atoms with Gasteiger partial charge in [0, 0.05) is 26.2 Å². The lowest BCUT2D eigenvalue weighted by atomic mass is 10.3. The minimum absolute atomic E-state index is 0.00690. The summed E-state index contributed by atoms with van der Waals surface area (Å²) >= 11 is 6.14. The molecule has 2 heterocycles. The predicted molar refractivity (Wildman–Crippen MR) is 77.1 cm³/mol. The highest BCUT2D eigenvalue weighted by atomic mass is 35.5. The summed E-state index contributed by atoms with van der Waals surface area (Å²) in [7, 11) is 3.46. The van der Waals surface area contributed by atoms with E-state index in [1.54, 1.807) is 23.5 Å². The van der Waals surface area contributed by atoms with Crippen molar-refractivity contribution in [3.63, 3.8) is 0 Å². The van der Waals surface area contributed by atoms with Crippen LogP contribution in [0.5, 0.6) is 0 Å². The van der Waals surface area contributed by atoms with Gasteiger partial charge in [-0.15, -0.1) is 0 Å². The van der Waals surface area contributed by atoms with E-state index in [2.05, 4.69) is 15.1 Å². The molecule has 0 aliphatic heterocycles. The standard InChI is InChI=1S/C12H17ClN6O/c1-5-18(6-9(20)17(3)4)11-8(2)10(13)16-12-14-7-15-19(11)12/h7H,5-6H2,1-4H3. The second-order valence-electron chi connectivity index (χ2n) is 4.63. The van der Waals surface area contributed by atoms with Gasteiger partial charge in [0.15, 0.2) is 0 Å². The molecule has 0 radical (unpaired) electrons. The summed E-state index contributed by atoms with van der Waals surface area (Å²) in [5, 5.41) is 4.53. The number of anilines is 1. The highest BCUT2D eigenvalue weighted by Gasteiger charge is 2.20. The molecule has 0 aliphatic rings. The lowest BCUT2D eigenvalue weighted by molar-refractivity contribution is -0.127. The van der Waals surface area contributed by atoms with Crippen LogP contribution >= 0.6 is 11.6 Å². The van der Waals surface area contributed by atoms with Crippen LogP contribution in [0, 0.1) is 6.92 Å². The van der Waals surface area contributed by atoms with Gasteiger partial charge in [-0.05, 0) is 13.8 Å². The number of nitrogens with zero attached hydrogens (tertiary/aromatic N) is 6. The molecule has 0 N–H and O–H groups in total. The number of likely N-dealkylation sites (N-methyl/N-ethyl adjacent to an activating group) is 2. The zero-order valence-corrected chi connectivity index (χ0v) is 12.7. The van der Waals surface area contributed by atoms with E-state index in [1.807, 2.05) is 18.7 Å². The molecule has 2 rings (SSSR count). The number of halogens is 1. The Kier molecular flexibility index (Phi) is 4.08. The molecule has 0 spiro atoms. The Morgan fingerprint density at radius 2 is 2.15 bits per heavy atom. The van der Waals surface area contributed by atoms with Crippen molar-refractivity contribution in [2.24, 2.45) is 0 Å². The minimum atomic E-state index is 0.00690. The first kappa shape index (κ1) is 14.5. The largest absolute Gasteiger partial charge is 0.347 e. The fraction of sp³-hybridized carbons (Fsp3) is 0.500. The summed E-state index contributed by atoms with van der Waals surface area (Å²) in [4.78, 5) is 23.6. The number of hydrogen-bond acceptors (Lipinski definition) is 5. The van der Waals surface area contributed by atoms with Crippen molar-refractivity contribution in [3.05, 3.63) is 17.0 Å². The third kappa shape index (κ3) is 2.53.